The quantitative estimate of drug-likeness (QED) is 0.760. The zero-order chi connectivity index (χ0) is 13.9. The molecule has 3 aromatic rings. The van der Waals surface area contributed by atoms with Gasteiger partial charge in [-0.2, -0.15) is 0 Å². The van der Waals surface area contributed by atoms with Gasteiger partial charge in [0.25, 0.3) is 0 Å². The van der Waals surface area contributed by atoms with E-state index >= 15 is 0 Å². The maximum Gasteiger partial charge on any atom is 0.143 e. The third-order valence-electron chi connectivity index (χ3n) is 2.64. The minimum atomic E-state index is 0.664. The fourth-order valence-electron chi connectivity index (χ4n) is 1.70. The summed E-state index contributed by atoms with van der Waals surface area (Å²) < 4.78 is 2.68. The summed E-state index contributed by atoms with van der Waals surface area (Å²) in [4.78, 5) is 1.22. The van der Waals surface area contributed by atoms with Gasteiger partial charge in [0.2, 0.25) is 0 Å². The van der Waals surface area contributed by atoms with Crippen LogP contribution in [-0.2, 0) is 6.54 Å². The van der Waals surface area contributed by atoms with Crippen molar-refractivity contribution in [2.45, 2.75) is 6.54 Å². The van der Waals surface area contributed by atoms with Crippen LogP contribution >= 0.6 is 38.9 Å². The first-order chi connectivity index (χ1) is 9.72. The van der Waals surface area contributed by atoms with E-state index in [4.69, 9.17) is 11.6 Å². The normalized spacial score (nSPS) is 10.7. The molecule has 1 N–H and O–H groups in total. The number of rotatable bonds is 4. The summed E-state index contributed by atoms with van der Waals surface area (Å²) in [5.74, 6) is 0. The summed E-state index contributed by atoms with van der Waals surface area (Å²) in [5, 5.41) is 17.1. The molecule has 0 aliphatic rings. The van der Waals surface area contributed by atoms with Crippen molar-refractivity contribution in [1.29, 1.82) is 0 Å². The number of nitrogens with one attached hydrogen (secondary N) is 1. The predicted octanol–water partition coefficient (Wildman–Crippen LogP) is 3.75. The average Bonchev–Trinajstić information content (AvgIpc) is 3.09. The summed E-state index contributed by atoms with van der Waals surface area (Å²) in [6, 6.07) is 7.69. The SMILES string of the molecule is Clc1ccc(-n2cnnn2)cc1NCc1cc(Br)cs1. The molecule has 2 aromatic heterocycles. The Morgan fingerprint density at radius 2 is 2.25 bits per heavy atom. The molecule has 0 amide bonds. The van der Waals surface area contributed by atoms with Gasteiger partial charge in [-0.1, -0.05) is 11.6 Å². The molecule has 0 saturated heterocycles. The molecule has 0 spiro atoms. The fraction of sp³-hybridized carbons (Fsp3) is 0.0833. The van der Waals surface area contributed by atoms with Gasteiger partial charge in [0.15, 0.2) is 0 Å². The van der Waals surface area contributed by atoms with Gasteiger partial charge >= 0.3 is 0 Å². The molecule has 0 aliphatic heterocycles. The molecular weight excluding hydrogens is 362 g/mol. The summed E-state index contributed by atoms with van der Waals surface area (Å²) in [7, 11) is 0. The van der Waals surface area contributed by atoms with Crippen molar-refractivity contribution >= 4 is 44.6 Å². The third kappa shape index (κ3) is 3.00. The van der Waals surface area contributed by atoms with E-state index in [2.05, 4.69) is 48.2 Å². The Bertz CT molecular complexity index is 712. The number of nitrogens with zero attached hydrogens (tertiary/aromatic N) is 4. The molecule has 1 aromatic carbocycles. The van der Waals surface area contributed by atoms with Crippen LogP contribution in [0.25, 0.3) is 5.69 Å². The number of benzene rings is 1. The lowest BCUT2D eigenvalue weighted by Gasteiger charge is -2.09. The van der Waals surface area contributed by atoms with Gasteiger partial charge in [0.1, 0.15) is 6.33 Å². The number of thiophene rings is 1. The number of anilines is 1. The fourth-order valence-corrected chi connectivity index (χ4v) is 3.27. The molecule has 0 atom stereocenters. The Kier molecular flexibility index (Phi) is 4.00. The molecule has 0 radical (unpaired) electrons. The van der Waals surface area contributed by atoms with Crippen LogP contribution in [0.15, 0.2) is 40.4 Å². The number of hydrogen-bond donors (Lipinski definition) is 1. The van der Waals surface area contributed by atoms with Crippen LogP contribution in [0.4, 0.5) is 5.69 Å². The van der Waals surface area contributed by atoms with Crippen molar-refractivity contribution in [2.75, 3.05) is 5.32 Å². The topological polar surface area (TPSA) is 55.6 Å². The van der Waals surface area contributed by atoms with Gasteiger partial charge < -0.3 is 5.32 Å². The smallest absolute Gasteiger partial charge is 0.143 e. The minimum absolute atomic E-state index is 0.664. The molecule has 0 bridgehead atoms. The summed E-state index contributed by atoms with van der Waals surface area (Å²) in [6.07, 6.45) is 1.55. The lowest BCUT2D eigenvalue weighted by Crippen LogP contribution is -2.01. The molecule has 0 fully saturated rings. The van der Waals surface area contributed by atoms with Crippen LogP contribution in [0.5, 0.6) is 0 Å². The van der Waals surface area contributed by atoms with E-state index in [9.17, 15) is 0 Å². The number of aromatic nitrogens is 4. The molecule has 102 valence electrons. The molecule has 3 rings (SSSR count). The van der Waals surface area contributed by atoms with Crippen LogP contribution in [0.2, 0.25) is 5.02 Å². The molecule has 2 heterocycles. The van der Waals surface area contributed by atoms with Crippen molar-refractivity contribution in [3.8, 4) is 5.69 Å². The van der Waals surface area contributed by atoms with Crippen LogP contribution in [-0.4, -0.2) is 20.2 Å². The number of tetrazole rings is 1. The van der Waals surface area contributed by atoms with Gasteiger partial charge in [-0.3, -0.25) is 0 Å². The average molecular weight is 371 g/mol. The van der Waals surface area contributed by atoms with E-state index in [1.807, 2.05) is 18.2 Å². The lowest BCUT2D eigenvalue weighted by atomic mass is 10.2. The Balaban J connectivity index is 1.80. The van der Waals surface area contributed by atoms with Crippen LogP contribution in [0, 0.1) is 0 Å². The van der Waals surface area contributed by atoms with Crippen molar-refractivity contribution in [1.82, 2.24) is 20.2 Å². The highest BCUT2D eigenvalue weighted by Crippen LogP contribution is 2.26. The molecule has 0 saturated carbocycles. The van der Waals surface area contributed by atoms with Gasteiger partial charge in [-0.15, -0.1) is 16.4 Å². The zero-order valence-corrected chi connectivity index (χ0v) is 13.3. The third-order valence-corrected chi connectivity index (χ3v) is 4.67. The molecule has 5 nitrogen and oxygen atoms in total. The van der Waals surface area contributed by atoms with Crippen molar-refractivity contribution < 1.29 is 0 Å². The molecule has 20 heavy (non-hydrogen) atoms. The summed E-state index contributed by atoms with van der Waals surface area (Å²) in [5.41, 5.74) is 1.71. The first-order valence-electron chi connectivity index (χ1n) is 5.72. The molecule has 0 unspecified atom stereocenters. The van der Waals surface area contributed by atoms with Crippen molar-refractivity contribution in [2.24, 2.45) is 0 Å². The second-order valence-electron chi connectivity index (χ2n) is 4.00. The zero-order valence-electron chi connectivity index (χ0n) is 10.1. The first kappa shape index (κ1) is 13.5. The van der Waals surface area contributed by atoms with E-state index in [0.717, 1.165) is 22.4 Å². The second kappa shape index (κ2) is 5.90. The maximum atomic E-state index is 6.20. The van der Waals surface area contributed by atoms with E-state index in [0.29, 0.717) is 5.02 Å². The maximum absolute atomic E-state index is 6.20. The van der Waals surface area contributed by atoms with Crippen LogP contribution in [0.3, 0.4) is 0 Å². The summed E-state index contributed by atoms with van der Waals surface area (Å²) >= 11 is 11.3. The highest BCUT2D eigenvalue weighted by molar-refractivity contribution is 9.10. The van der Waals surface area contributed by atoms with E-state index in [-0.39, 0.29) is 0 Å². The molecule has 0 aliphatic carbocycles. The Morgan fingerprint density at radius 1 is 1.35 bits per heavy atom. The van der Waals surface area contributed by atoms with Gasteiger partial charge in [0.05, 0.1) is 16.4 Å². The summed E-state index contributed by atoms with van der Waals surface area (Å²) in [6.45, 7) is 0.717. The highest BCUT2D eigenvalue weighted by atomic mass is 79.9. The lowest BCUT2D eigenvalue weighted by molar-refractivity contribution is 0.789. The minimum Gasteiger partial charge on any atom is -0.379 e. The Hall–Kier alpha value is -1.44. The second-order valence-corrected chi connectivity index (χ2v) is 6.32. The van der Waals surface area contributed by atoms with E-state index in [1.54, 1.807) is 22.3 Å². The largest absolute Gasteiger partial charge is 0.379 e. The Labute approximate surface area is 132 Å². The molecule has 8 heteroatoms. The van der Waals surface area contributed by atoms with Crippen LogP contribution in [0.1, 0.15) is 4.88 Å². The first-order valence-corrected chi connectivity index (χ1v) is 7.77. The Morgan fingerprint density at radius 3 is 2.95 bits per heavy atom. The van der Waals surface area contributed by atoms with E-state index in [1.165, 1.54) is 4.88 Å². The van der Waals surface area contributed by atoms with Crippen molar-refractivity contribution in [3.05, 3.63) is 50.3 Å². The predicted molar refractivity (Wildman–Crippen MR) is 83.5 cm³/mol. The monoisotopic (exact) mass is 369 g/mol. The van der Waals surface area contributed by atoms with Crippen molar-refractivity contribution in [3.63, 3.8) is 0 Å². The highest BCUT2D eigenvalue weighted by Gasteiger charge is 2.05. The standard InChI is InChI=1S/C12H9BrClN5S/c13-8-3-10(20-6-8)5-15-12-4-9(1-2-11(12)14)19-7-16-17-18-19/h1-4,6-7,15H,5H2. The van der Waals surface area contributed by atoms with Gasteiger partial charge in [0, 0.05) is 21.3 Å². The van der Waals surface area contributed by atoms with Gasteiger partial charge in [-0.05, 0) is 50.6 Å². The van der Waals surface area contributed by atoms with Gasteiger partial charge in [-0.25, -0.2) is 4.68 Å². The number of hydrogen-bond acceptors (Lipinski definition) is 5. The van der Waals surface area contributed by atoms with E-state index < -0.39 is 0 Å². The molecular formula is C12H9BrClN5S. The number of halogens is 2. The van der Waals surface area contributed by atoms with Crippen LogP contribution < -0.4 is 5.32 Å².